The van der Waals surface area contributed by atoms with Crippen LogP contribution in [0.15, 0.2) is 12.1 Å². The van der Waals surface area contributed by atoms with E-state index in [1.54, 1.807) is 0 Å². The van der Waals surface area contributed by atoms with Crippen molar-refractivity contribution in [3.63, 3.8) is 0 Å². The number of nitrogens with two attached hydrogens (primary N) is 1. The normalized spacial score (nSPS) is 9.89. The number of hydrogen-bond donors (Lipinski definition) is 1. The van der Waals surface area contributed by atoms with Crippen LogP contribution in [0.25, 0.3) is 0 Å². The van der Waals surface area contributed by atoms with Gasteiger partial charge in [-0.15, -0.1) is 0 Å². The first-order valence-corrected chi connectivity index (χ1v) is 5.73. The molecule has 0 aliphatic carbocycles. The van der Waals surface area contributed by atoms with Crippen LogP contribution in [0.1, 0.15) is 40.5 Å². The second kappa shape index (κ2) is 6.64. The highest BCUT2D eigenvalue weighted by molar-refractivity contribution is 6.00. The minimum absolute atomic E-state index is 0.118. The summed E-state index contributed by atoms with van der Waals surface area (Å²) in [5.74, 6) is -0.142. The van der Waals surface area contributed by atoms with Gasteiger partial charge in [0.15, 0.2) is 6.29 Å². The zero-order chi connectivity index (χ0) is 13.5. The fourth-order valence-electron chi connectivity index (χ4n) is 1.42. The molecular formula is C13H17NO4. The quantitative estimate of drug-likeness (QED) is 0.362. The summed E-state index contributed by atoms with van der Waals surface area (Å²) >= 11 is 0. The first-order valence-electron chi connectivity index (χ1n) is 5.73. The summed E-state index contributed by atoms with van der Waals surface area (Å²) in [6.45, 7) is 2.33. The first-order chi connectivity index (χ1) is 8.63. The summed E-state index contributed by atoms with van der Waals surface area (Å²) in [5.41, 5.74) is 6.23. The molecule has 5 heteroatoms. The van der Waals surface area contributed by atoms with E-state index in [1.165, 1.54) is 19.2 Å². The van der Waals surface area contributed by atoms with E-state index < -0.39 is 5.97 Å². The van der Waals surface area contributed by atoms with Crippen molar-refractivity contribution in [3.8, 4) is 5.75 Å². The number of esters is 1. The number of carbonyl (C=O) groups is 2. The van der Waals surface area contributed by atoms with Crippen LogP contribution in [0, 0.1) is 0 Å². The van der Waals surface area contributed by atoms with E-state index >= 15 is 0 Å². The molecule has 0 radical (unpaired) electrons. The van der Waals surface area contributed by atoms with Gasteiger partial charge < -0.3 is 15.2 Å². The smallest absolute Gasteiger partial charge is 0.340 e. The van der Waals surface area contributed by atoms with Gasteiger partial charge in [-0.3, -0.25) is 4.79 Å². The molecule has 0 saturated heterocycles. The summed E-state index contributed by atoms with van der Waals surface area (Å²) in [6.07, 6.45) is 2.30. The molecule has 1 aromatic carbocycles. The zero-order valence-electron chi connectivity index (χ0n) is 10.6. The lowest BCUT2D eigenvalue weighted by Crippen LogP contribution is -2.11. The topological polar surface area (TPSA) is 78.6 Å². The number of carbonyl (C=O) groups excluding carboxylic acids is 2. The van der Waals surface area contributed by atoms with E-state index in [0.717, 1.165) is 12.8 Å². The van der Waals surface area contributed by atoms with Crippen LogP contribution in [0.5, 0.6) is 5.75 Å². The van der Waals surface area contributed by atoms with Crippen molar-refractivity contribution < 1.29 is 19.1 Å². The van der Waals surface area contributed by atoms with Crippen LogP contribution in [-0.2, 0) is 4.74 Å². The second-order valence-corrected chi connectivity index (χ2v) is 3.79. The van der Waals surface area contributed by atoms with Gasteiger partial charge in [0.25, 0.3) is 0 Å². The van der Waals surface area contributed by atoms with Crippen LogP contribution < -0.4 is 10.5 Å². The minimum Gasteiger partial charge on any atom is -0.497 e. The molecule has 0 aliphatic heterocycles. The van der Waals surface area contributed by atoms with E-state index in [2.05, 4.69) is 0 Å². The Morgan fingerprint density at radius 2 is 2.17 bits per heavy atom. The Labute approximate surface area is 106 Å². The molecule has 5 nitrogen and oxygen atoms in total. The number of hydrogen-bond acceptors (Lipinski definition) is 5. The predicted molar refractivity (Wildman–Crippen MR) is 68.0 cm³/mol. The Morgan fingerprint density at radius 1 is 1.44 bits per heavy atom. The van der Waals surface area contributed by atoms with Crippen molar-refractivity contribution >= 4 is 17.9 Å². The molecule has 0 aromatic heterocycles. The molecule has 98 valence electrons. The average molecular weight is 251 g/mol. The number of ether oxygens (including phenoxy) is 2. The Hall–Kier alpha value is -2.04. The number of methoxy groups -OCH3 is 1. The van der Waals surface area contributed by atoms with Gasteiger partial charge in [0, 0.05) is 5.56 Å². The van der Waals surface area contributed by atoms with Crippen LogP contribution in [0.2, 0.25) is 0 Å². The molecule has 18 heavy (non-hydrogen) atoms. The van der Waals surface area contributed by atoms with Crippen LogP contribution in [0.4, 0.5) is 5.69 Å². The van der Waals surface area contributed by atoms with Crippen molar-refractivity contribution in [3.05, 3.63) is 23.3 Å². The maximum atomic E-state index is 11.8. The molecule has 0 atom stereocenters. The summed E-state index contributed by atoms with van der Waals surface area (Å²) in [7, 11) is 1.45. The van der Waals surface area contributed by atoms with E-state index in [9.17, 15) is 9.59 Å². The predicted octanol–water partition coefficient (Wildman–Crippen LogP) is 2.05. The Balaban J connectivity index is 2.99. The van der Waals surface area contributed by atoms with Crippen LogP contribution in [-0.4, -0.2) is 26.0 Å². The van der Waals surface area contributed by atoms with Gasteiger partial charge >= 0.3 is 5.97 Å². The number of unbranched alkanes of at least 4 members (excludes halogenated alkanes) is 1. The molecule has 1 rings (SSSR count). The van der Waals surface area contributed by atoms with Gasteiger partial charge in [-0.05, 0) is 18.6 Å². The highest BCUT2D eigenvalue weighted by Gasteiger charge is 2.16. The fraction of sp³-hybridized carbons (Fsp3) is 0.385. The van der Waals surface area contributed by atoms with Crippen molar-refractivity contribution in [1.82, 2.24) is 0 Å². The molecule has 0 heterocycles. The largest absolute Gasteiger partial charge is 0.497 e. The van der Waals surface area contributed by atoms with Crippen LogP contribution >= 0.6 is 0 Å². The number of benzene rings is 1. The van der Waals surface area contributed by atoms with Gasteiger partial charge in [-0.2, -0.15) is 0 Å². The number of aldehydes is 1. The van der Waals surface area contributed by atoms with Gasteiger partial charge in [-0.25, -0.2) is 4.79 Å². The molecule has 2 N–H and O–H groups in total. The van der Waals surface area contributed by atoms with Crippen LogP contribution in [0.3, 0.4) is 0 Å². The SMILES string of the molecule is CCCCOC(=O)c1cc(OC)cc(C=O)c1N. The van der Waals surface area contributed by atoms with E-state index in [-0.39, 0.29) is 16.8 Å². The molecule has 0 bridgehead atoms. The van der Waals surface area contributed by atoms with E-state index in [0.29, 0.717) is 18.6 Å². The molecular weight excluding hydrogens is 234 g/mol. The Bertz CT molecular complexity index is 443. The monoisotopic (exact) mass is 251 g/mol. The minimum atomic E-state index is -0.539. The first kappa shape index (κ1) is 14.0. The molecule has 1 aromatic rings. The third kappa shape index (κ3) is 3.23. The molecule has 0 amide bonds. The third-order valence-corrected chi connectivity index (χ3v) is 2.50. The van der Waals surface area contributed by atoms with Crippen molar-refractivity contribution in [1.29, 1.82) is 0 Å². The Kier molecular flexibility index (Phi) is 5.17. The van der Waals surface area contributed by atoms with E-state index in [4.69, 9.17) is 15.2 Å². The zero-order valence-corrected chi connectivity index (χ0v) is 10.6. The molecule has 0 unspecified atom stereocenters. The molecule has 0 fully saturated rings. The van der Waals surface area contributed by atoms with Gasteiger partial charge in [-0.1, -0.05) is 13.3 Å². The van der Waals surface area contributed by atoms with Crippen molar-refractivity contribution in [2.45, 2.75) is 19.8 Å². The average Bonchev–Trinajstić information content (AvgIpc) is 2.39. The van der Waals surface area contributed by atoms with E-state index in [1.807, 2.05) is 6.92 Å². The summed E-state index contributed by atoms with van der Waals surface area (Å²) < 4.78 is 10.1. The second-order valence-electron chi connectivity index (χ2n) is 3.79. The maximum absolute atomic E-state index is 11.8. The van der Waals surface area contributed by atoms with Gasteiger partial charge in [0.1, 0.15) is 5.75 Å². The summed E-state index contributed by atoms with van der Waals surface area (Å²) in [6, 6.07) is 2.95. The number of anilines is 1. The summed E-state index contributed by atoms with van der Waals surface area (Å²) in [5, 5.41) is 0. The van der Waals surface area contributed by atoms with Crippen molar-refractivity contribution in [2.24, 2.45) is 0 Å². The standard InChI is InChI=1S/C13H17NO4/c1-3-4-5-18-13(16)11-7-10(17-2)6-9(8-15)12(11)14/h6-8H,3-5,14H2,1-2H3. The molecule has 0 saturated carbocycles. The lowest BCUT2D eigenvalue weighted by molar-refractivity contribution is 0.0500. The van der Waals surface area contributed by atoms with Crippen molar-refractivity contribution in [2.75, 3.05) is 19.5 Å². The fourth-order valence-corrected chi connectivity index (χ4v) is 1.42. The van der Waals surface area contributed by atoms with Gasteiger partial charge in [0.2, 0.25) is 0 Å². The summed E-state index contributed by atoms with van der Waals surface area (Å²) in [4.78, 5) is 22.6. The lowest BCUT2D eigenvalue weighted by Gasteiger charge is -2.10. The van der Waals surface area contributed by atoms with Gasteiger partial charge in [0.05, 0.1) is 25.0 Å². The molecule has 0 spiro atoms. The number of nitrogen functional groups attached to an aromatic ring is 1. The molecule has 0 aliphatic rings. The Morgan fingerprint density at radius 3 is 2.72 bits per heavy atom. The highest BCUT2D eigenvalue weighted by atomic mass is 16.5. The number of rotatable bonds is 6. The highest BCUT2D eigenvalue weighted by Crippen LogP contribution is 2.24. The lowest BCUT2D eigenvalue weighted by atomic mass is 10.1. The maximum Gasteiger partial charge on any atom is 0.340 e. The third-order valence-electron chi connectivity index (χ3n) is 2.50.